The maximum Gasteiger partial charge on any atom is 0.227 e. The number of hydrogen-bond acceptors (Lipinski definition) is 6. The van der Waals surface area contributed by atoms with Crippen LogP contribution in [0, 0.1) is 5.82 Å². The summed E-state index contributed by atoms with van der Waals surface area (Å²) in [4.78, 5) is 2.31. The molecule has 1 aliphatic heterocycles. The minimum absolute atomic E-state index is 0.287. The molecule has 0 amide bonds. The number of ether oxygens (including phenoxy) is 2. The highest BCUT2D eigenvalue weighted by molar-refractivity contribution is 5.33. The van der Waals surface area contributed by atoms with Crippen LogP contribution in [0.4, 0.5) is 10.3 Å². The Morgan fingerprint density at radius 3 is 2.53 bits per heavy atom. The van der Waals surface area contributed by atoms with Crippen molar-refractivity contribution in [1.82, 2.24) is 24.5 Å². The smallest absolute Gasteiger partial charge is 0.227 e. The lowest BCUT2D eigenvalue weighted by Gasteiger charge is -2.33. The van der Waals surface area contributed by atoms with Gasteiger partial charge in [-0.1, -0.05) is 0 Å². The molecule has 1 aromatic carbocycles. The fourth-order valence-corrected chi connectivity index (χ4v) is 4.35. The van der Waals surface area contributed by atoms with E-state index < -0.39 is 0 Å². The highest BCUT2D eigenvalue weighted by Gasteiger charge is 2.28. The molecule has 9 heteroatoms. The number of rotatable bonds is 9. The van der Waals surface area contributed by atoms with Crippen LogP contribution in [0.15, 0.2) is 36.5 Å². The second kappa shape index (κ2) is 10.1. The maximum atomic E-state index is 13.2. The summed E-state index contributed by atoms with van der Waals surface area (Å²) in [5, 5.41) is 13.3. The number of aryl methyl sites for hydroxylation is 1. The third kappa shape index (κ3) is 4.93. The molecule has 8 nitrogen and oxygen atoms in total. The van der Waals surface area contributed by atoms with Crippen molar-refractivity contribution in [3.63, 3.8) is 0 Å². The first-order chi connectivity index (χ1) is 15.6. The van der Waals surface area contributed by atoms with Gasteiger partial charge in [0.15, 0.2) is 11.9 Å². The molecule has 3 aromatic rings. The van der Waals surface area contributed by atoms with E-state index in [2.05, 4.69) is 30.8 Å². The van der Waals surface area contributed by atoms with E-state index in [0.717, 1.165) is 50.7 Å². The van der Waals surface area contributed by atoms with Gasteiger partial charge in [0.2, 0.25) is 5.95 Å². The standard InChI is InChI=1S/C23H31FN6O2/c1-17(32-20-7-5-19(24)6-8-20)22-26-27-23(30(22)13-4-16-31-3)29-14-10-18(11-15-29)21-9-12-25-28(21)2/h5-9,12,17-18H,4,10-11,13-16H2,1-3H3. The highest BCUT2D eigenvalue weighted by atomic mass is 19.1. The van der Waals surface area contributed by atoms with Crippen molar-refractivity contribution in [3.8, 4) is 5.75 Å². The molecule has 4 rings (SSSR count). The van der Waals surface area contributed by atoms with Crippen LogP contribution in [0.3, 0.4) is 0 Å². The van der Waals surface area contributed by atoms with E-state index in [1.807, 2.05) is 24.9 Å². The largest absolute Gasteiger partial charge is 0.483 e. The first-order valence-corrected chi connectivity index (χ1v) is 11.1. The second-order valence-corrected chi connectivity index (χ2v) is 8.21. The van der Waals surface area contributed by atoms with Crippen molar-refractivity contribution in [2.45, 2.75) is 44.8 Å². The van der Waals surface area contributed by atoms with Gasteiger partial charge in [0.25, 0.3) is 0 Å². The maximum absolute atomic E-state index is 13.2. The van der Waals surface area contributed by atoms with Gasteiger partial charge in [0.05, 0.1) is 0 Å². The Hall–Kier alpha value is -2.94. The number of halogens is 1. The number of anilines is 1. The molecule has 0 radical (unpaired) electrons. The van der Waals surface area contributed by atoms with Crippen molar-refractivity contribution >= 4 is 5.95 Å². The Bertz CT molecular complexity index is 994. The molecule has 172 valence electrons. The third-order valence-corrected chi connectivity index (χ3v) is 6.04. The molecule has 0 bridgehead atoms. The van der Waals surface area contributed by atoms with Gasteiger partial charge in [-0.2, -0.15) is 5.10 Å². The zero-order valence-electron chi connectivity index (χ0n) is 18.9. The summed E-state index contributed by atoms with van der Waals surface area (Å²) >= 11 is 0. The van der Waals surface area contributed by atoms with Gasteiger partial charge in [0.1, 0.15) is 11.6 Å². The molecular weight excluding hydrogens is 411 g/mol. The summed E-state index contributed by atoms with van der Waals surface area (Å²) < 4.78 is 28.6. The molecule has 1 saturated heterocycles. The van der Waals surface area contributed by atoms with Gasteiger partial charge >= 0.3 is 0 Å². The quantitative estimate of drug-likeness (QED) is 0.471. The van der Waals surface area contributed by atoms with Crippen molar-refractivity contribution in [2.75, 3.05) is 31.7 Å². The average molecular weight is 443 g/mol. The molecule has 1 aliphatic rings. The zero-order valence-corrected chi connectivity index (χ0v) is 18.9. The third-order valence-electron chi connectivity index (χ3n) is 6.04. The lowest BCUT2D eigenvalue weighted by atomic mass is 9.93. The van der Waals surface area contributed by atoms with E-state index in [1.165, 1.54) is 17.8 Å². The minimum atomic E-state index is -0.323. The van der Waals surface area contributed by atoms with E-state index in [4.69, 9.17) is 9.47 Å². The van der Waals surface area contributed by atoms with Gasteiger partial charge in [-0.3, -0.25) is 9.25 Å². The monoisotopic (exact) mass is 442 g/mol. The summed E-state index contributed by atoms with van der Waals surface area (Å²) in [7, 11) is 3.71. The first-order valence-electron chi connectivity index (χ1n) is 11.1. The summed E-state index contributed by atoms with van der Waals surface area (Å²) in [6, 6.07) is 8.15. The molecule has 0 spiro atoms. The lowest BCUT2D eigenvalue weighted by molar-refractivity contribution is 0.185. The van der Waals surface area contributed by atoms with Crippen LogP contribution in [0.1, 0.15) is 49.7 Å². The van der Waals surface area contributed by atoms with E-state index >= 15 is 0 Å². The lowest BCUT2D eigenvalue weighted by Crippen LogP contribution is -2.35. The van der Waals surface area contributed by atoms with Crippen LogP contribution in [0.25, 0.3) is 0 Å². The van der Waals surface area contributed by atoms with Crippen molar-refractivity contribution < 1.29 is 13.9 Å². The molecule has 1 unspecified atom stereocenters. The van der Waals surface area contributed by atoms with Gasteiger partial charge in [-0.05, 0) is 56.5 Å². The van der Waals surface area contributed by atoms with Crippen molar-refractivity contribution in [1.29, 1.82) is 0 Å². The zero-order chi connectivity index (χ0) is 22.5. The Kier molecular flexibility index (Phi) is 7.04. The number of piperidine rings is 1. The molecule has 1 atom stereocenters. The molecule has 0 saturated carbocycles. The van der Waals surface area contributed by atoms with E-state index in [1.54, 1.807) is 19.2 Å². The predicted octanol–water partition coefficient (Wildman–Crippen LogP) is 3.71. The number of hydrogen-bond donors (Lipinski definition) is 0. The SMILES string of the molecule is COCCCn1c(C(C)Oc2ccc(F)cc2)nnc1N1CCC(c2ccnn2C)CC1. The Balaban J connectivity index is 1.49. The topological polar surface area (TPSA) is 70.2 Å². The van der Waals surface area contributed by atoms with Crippen LogP contribution < -0.4 is 9.64 Å². The second-order valence-electron chi connectivity index (χ2n) is 8.21. The van der Waals surface area contributed by atoms with Gasteiger partial charge < -0.3 is 14.4 Å². The summed E-state index contributed by atoms with van der Waals surface area (Å²) in [5.74, 6) is 2.44. The summed E-state index contributed by atoms with van der Waals surface area (Å²) in [5.41, 5.74) is 1.29. The molecule has 32 heavy (non-hydrogen) atoms. The average Bonchev–Trinajstić information content (AvgIpc) is 3.42. The highest BCUT2D eigenvalue weighted by Crippen LogP contribution is 2.31. The van der Waals surface area contributed by atoms with Crippen molar-refractivity contribution in [3.05, 3.63) is 53.9 Å². The van der Waals surface area contributed by atoms with Crippen LogP contribution in [-0.2, 0) is 18.3 Å². The van der Waals surface area contributed by atoms with E-state index in [-0.39, 0.29) is 11.9 Å². The molecule has 0 aliphatic carbocycles. The molecule has 1 fully saturated rings. The predicted molar refractivity (Wildman–Crippen MR) is 119 cm³/mol. The molecule has 2 aromatic heterocycles. The Morgan fingerprint density at radius 1 is 1.12 bits per heavy atom. The van der Waals surface area contributed by atoms with E-state index in [9.17, 15) is 4.39 Å². The van der Waals surface area contributed by atoms with Crippen LogP contribution >= 0.6 is 0 Å². The molecule has 0 N–H and O–H groups in total. The van der Waals surface area contributed by atoms with Gasteiger partial charge in [-0.15, -0.1) is 10.2 Å². The molecule has 3 heterocycles. The Labute approximate surface area is 188 Å². The Morgan fingerprint density at radius 2 is 1.88 bits per heavy atom. The fourth-order valence-electron chi connectivity index (χ4n) is 4.35. The van der Waals surface area contributed by atoms with E-state index in [0.29, 0.717) is 18.3 Å². The fraction of sp³-hybridized carbons (Fsp3) is 0.522. The van der Waals surface area contributed by atoms with Gasteiger partial charge in [-0.25, -0.2) is 4.39 Å². The number of benzene rings is 1. The number of nitrogens with zero attached hydrogens (tertiary/aromatic N) is 6. The number of methoxy groups -OCH3 is 1. The van der Waals surface area contributed by atoms with Crippen LogP contribution in [0.5, 0.6) is 5.75 Å². The first kappa shape index (κ1) is 22.3. The summed E-state index contributed by atoms with van der Waals surface area (Å²) in [6.45, 7) is 5.16. The van der Waals surface area contributed by atoms with Crippen molar-refractivity contribution in [2.24, 2.45) is 7.05 Å². The van der Waals surface area contributed by atoms with Crippen LogP contribution in [0.2, 0.25) is 0 Å². The van der Waals surface area contributed by atoms with Crippen LogP contribution in [-0.4, -0.2) is 51.4 Å². The molecular formula is C23H31FN6O2. The number of aromatic nitrogens is 5. The summed E-state index contributed by atoms with van der Waals surface area (Å²) in [6.07, 6.45) is 4.48. The van der Waals surface area contributed by atoms with Gasteiger partial charge in [0, 0.05) is 58.2 Å². The minimum Gasteiger partial charge on any atom is -0.483 e. The normalized spacial score (nSPS) is 15.8.